The Kier molecular flexibility index (Phi) is 88.7. The SMILES string of the molecule is O=S(=O)(O)CCN1CCNCCNCCNCCNCC1.OC[C@@H]1CN[C@@H](CO)CN[C@@H](CO)CN[C@H](CO)CN[C@@H](CO)CN1.[Cl][Mn][Cl].[Cl][Mn][Cl].[Cl][Mn][Cl].[Cl][Mn][Cl].[Cl][Mn][Cl].c1cc2ccc3ccc4nc3c2nc1CNCCNCCNC4.c1ncc(C[C@@H]2CN[C@@H]3CCCC[C@H]3NCCNCCNCCN2)[nH]1.c1ncc(C[C@H]2CNCCNCCNCCNCCN2)[nH]1. The largest absolute Gasteiger partial charge is 0.348 e. The first-order valence-electron chi connectivity index (χ1n) is 44.1. The number of H-pyrrole nitrogens is 2. The van der Waals surface area contributed by atoms with Crippen LogP contribution < -0.4 is 117 Å². The predicted octanol–water partition coefficient (Wildman–Crippen LogP) is -1.38. The van der Waals surface area contributed by atoms with Crippen LogP contribution in [0.15, 0.2) is 61.4 Å². The van der Waals surface area contributed by atoms with E-state index in [4.69, 9.17) is 116 Å². The molecule has 1 aliphatic carbocycles. The van der Waals surface area contributed by atoms with Crippen molar-refractivity contribution in [3.8, 4) is 0 Å². The molecule has 4 aromatic heterocycles. The number of aliphatic hydroxyl groups excluding tert-OH is 5. The maximum absolute atomic E-state index is 10.9. The van der Waals surface area contributed by atoms with Crippen molar-refractivity contribution in [3.05, 3.63) is 84.2 Å². The molecule has 9 heterocycles. The van der Waals surface area contributed by atoms with E-state index in [1.54, 1.807) is 12.7 Å². The van der Waals surface area contributed by atoms with Crippen LogP contribution in [0.25, 0.3) is 21.8 Å². The molecular formula is C77H149Cl10Mn5N29O8S. The number of nitrogens with one attached hydrogen (secondary N) is 24. The first-order valence-corrected chi connectivity index (χ1v) is 61.9. The van der Waals surface area contributed by atoms with E-state index in [1.165, 1.54) is 37.1 Å². The normalized spacial score (nSPS) is 23.7. The van der Waals surface area contributed by atoms with Gasteiger partial charge in [0.05, 0.1) is 73.9 Å². The quantitative estimate of drug-likeness (QED) is 0.0389. The molecule has 37 nitrogen and oxygen atoms in total. The first kappa shape index (κ1) is 127. The third kappa shape index (κ3) is 69.6. The molecule has 130 heavy (non-hydrogen) atoms. The number of hydrogen-bond acceptors (Lipinski definition) is 34. The molecule has 0 amide bonds. The van der Waals surface area contributed by atoms with E-state index in [0.717, 1.165) is 255 Å². The summed E-state index contributed by atoms with van der Waals surface area (Å²) in [5, 5.41) is 125. The summed E-state index contributed by atoms with van der Waals surface area (Å²) in [6.07, 6.45) is 14.6. The molecule has 1 saturated carbocycles. The maximum Gasteiger partial charge on any atom is 0.0968 e. The van der Waals surface area contributed by atoms with Crippen molar-refractivity contribution in [1.82, 2.24) is 152 Å². The predicted molar refractivity (Wildman–Crippen MR) is 518 cm³/mol. The molecule has 9 atom stereocenters. The van der Waals surface area contributed by atoms with E-state index < -0.39 is 10.1 Å². The van der Waals surface area contributed by atoms with E-state index in [2.05, 4.69) is 173 Å². The fourth-order valence-corrected chi connectivity index (χ4v) is 14.4. The minimum Gasteiger partial charge on any atom is -0.348 e. The molecule has 5 aromatic rings. The van der Waals surface area contributed by atoms with Gasteiger partial charge in [-0.1, -0.05) is 37.1 Å². The van der Waals surface area contributed by atoms with Crippen molar-refractivity contribution in [1.29, 1.82) is 0 Å². The van der Waals surface area contributed by atoms with Gasteiger partial charge in [0.15, 0.2) is 0 Å². The summed E-state index contributed by atoms with van der Waals surface area (Å²) in [5.41, 5.74) is 6.50. The molecule has 761 valence electrons. The fourth-order valence-electron chi connectivity index (χ4n) is 13.9. The Hall–Kier alpha value is 0.747. The number of fused-ring (bicyclic) bond motifs is 3. The molecule has 0 radical (unpaired) electrons. The van der Waals surface area contributed by atoms with Crippen LogP contribution in [0.1, 0.15) is 48.5 Å². The zero-order chi connectivity index (χ0) is 94.7. The Labute approximate surface area is 845 Å². The molecule has 0 unspecified atom stereocenters. The monoisotopic (exact) mass is 2260 g/mol. The van der Waals surface area contributed by atoms with Gasteiger partial charge in [-0.15, -0.1) is 0 Å². The Morgan fingerprint density at radius 1 is 0.338 bits per heavy atom. The van der Waals surface area contributed by atoms with E-state index >= 15 is 0 Å². The average Bonchev–Trinajstić information content (AvgIpc) is 1.78. The topological polar surface area (TPSA) is 507 Å². The number of aliphatic hydroxyl groups is 5. The summed E-state index contributed by atoms with van der Waals surface area (Å²) in [5.74, 6) is -0.212. The van der Waals surface area contributed by atoms with Gasteiger partial charge in [0, 0.05) is 350 Å². The molecule has 11 rings (SSSR count). The van der Waals surface area contributed by atoms with Gasteiger partial charge in [0.1, 0.15) is 0 Å². The Morgan fingerprint density at radius 2 is 0.615 bits per heavy atom. The summed E-state index contributed by atoms with van der Waals surface area (Å²) < 4.78 is 30.6. The number of halogens is 10. The van der Waals surface area contributed by atoms with Crippen molar-refractivity contribution in [2.75, 3.05) is 274 Å². The molecule has 4 bridgehead atoms. The summed E-state index contributed by atoms with van der Waals surface area (Å²) in [6, 6.07) is 13.7. The van der Waals surface area contributed by atoms with Crippen molar-refractivity contribution >= 4 is 133 Å². The number of imidazole rings is 2. The van der Waals surface area contributed by atoms with Crippen LogP contribution in [0.2, 0.25) is 0 Å². The number of aromatic nitrogens is 6. The molecule has 5 fully saturated rings. The minimum atomic E-state index is -3.89. The van der Waals surface area contributed by atoms with Gasteiger partial charge in [-0.2, -0.15) is 8.42 Å². The van der Waals surface area contributed by atoms with E-state index in [0.29, 0.717) is 63.4 Å². The standard InChI is InChI=1S/C18H35N7.C18H21N5.C15H35N5O5.C14H29N7.C12H29N5O3S.10ClH.5Mn/c1-2-4-18-17(3-1)23-10-8-20-6-5-19-7-9-22-16(13-24-18)11-15-12-21-14-25-15;1-2-14-4-6-16-12-21-10-8-19-7-9-20-11-15-5-3-13(1)17(22-15)18(14)23-16;21-6-11-1-16-12(7-22)2-18-14(9-24)4-20-15(10-25)5-19-13(8-23)3-17-11;1-2-16-5-6-18-10-13(9-14-11-19-12-21-14)20-8-7-17-4-3-15-1;18-21(19,20)12-11-17-9-7-15-5-3-13-1-2-14-4-6-16-8-10-17;;;;;;;;;;;;;;;/h12,14,16-20,22-24H,1-11,13H2,(H,21,25);1-6,19-21H,7-12H2;11-25H,1-10H2;11-13,15-18,20H,1-10H2,(H,19,21);13-16H,1-12H2,(H,18,19,20);10*1H;;;;;/q;;;;;;;;;;;;;;;5*+2/p-10/t16-,17-,18-;;11-,12-,13+,14+,15-;13-;;;;;;;;;;;;;;;;/m1.10................/s1. The smallest absolute Gasteiger partial charge is 0.0968 e. The van der Waals surface area contributed by atoms with Gasteiger partial charge in [-0.05, 0) is 25.0 Å². The second kappa shape index (κ2) is 91.0. The van der Waals surface area contributed by atoms with Crippen molar-refractivity contribution < 1.29 is 104 Å². The molecule has 5 aliphatic heterocycles. The molecule has 53 heteroatoms. The number of hydrogen-bond donors (Lipinski definition) is 30. The van der Waals surface area contributed by atoms with E-state index in [-0.39, 0.29) is 135 Å². The van der Waals surface area contributed by atoms with Crippen molar-refractivity contribution in [2.45, 2.75) is 106 Å². The van der Waals surface area contributed by atoms with Gasteiger partial charge >= 0.3 is 167 Å². The van der Waals surface area contributed by atoms with Crippen LogP contribution >= 0.6 is 101 Å². The number of nitrogens with zero attached hydrogens (tertiary/aromatic N) is 5. The second-order valence-electron chi connectivity index (χ2n) is 30.4. The van der Waals surface area contributed by atoms with Crippen LogP contribution in [-0.2, 0) is 102 Å². The number of pyridine rings is 2. The number of benzene rings is 1. The van der Waals surface area contributed by atoms with Crippen LogP contribution in [0.5, 0.6) is 0 Å². The average molecular weight is 2270 g/mol. The van der Waals surface area contributed by atoms with Crippen LogP contribution in [-0.4, -0.2) is 402 Å². The second-order valence-corrected chi connectivity index (χ2v) is 41.8. The third-order valence-corrected chi connectivity index (χ3v) is 21.5. The molecule has 1 aromatic carbocycles. The minimum absolute atomic E-state index is 0.00694. The van der Waals surface area contributed by atoms with Gasteiger partial charge in [-0.25, -0.2) is 19.9 Å². The first-order chi connectivity index (χ1) is 63.6. The fraction of sp³-hybridized carbons (Fsp3) is 0.766. The third-order valence-electron chi connectivity index (χ3n) is 20.8. The van der Waals surface area contributed by atoms with Gasteiger partial charge in [-0.3, -0.25) is 9.45 Å². The molecule has 6 aliphatic rings. The number of aromatic amines is 2. The molecule has 4 saturated heterocycles. The molecule has 0 spiro atoms. The Bertz CT molecular complexity index is 3230. The maximum atomic E-state index is 10.9. The van der Waals surface area contributed by atoms with Crippen LogP contribution in [0, 0.1) is 0 Å². The van der Waals surface area contributed by atoms with Gasteiger partial charge in [0.2, 0.25) is 0 Å². The summed E-state index contributed by atoms with van der Waals surface area (Å²) >= 11 is 0.0347. The Balaban J connectivity index is 0.000000529. The summed E-state index contributed by atoms with van der Waals surface area (Å²) in [6.45, 7) is 32.6. The molecule has 30 N–H and O–H groups in total. The summed E-state index contributed by atoms with van der Waals surface area (Å²) in [7, 11) is 44.1. The Morgan fingerprint density at radius 3 is 0.931 bits per heavy atom. The zero-order valence-electron chi connectivity index (χ0n) is 74.1. The van der Waals surface area contributed by atoms with Crippen molar-refractivity contribution in [2.24, 2.45) is 0 Å². The number of rotatable bonds is 12. The van der Waals surface area contributed by atoms with Crippen LogP contribution in [0.3, 0.4) is 0 Å². The van der Waals surface area contributed by atoms with Gasteiger partial charge < -0.3 is 152 Å². The van der Waals surface area contributed by atoms with Crippen molar-refractivity contribution in [3.63, 3.8) is 0 Å². The van der Waals surface area contributed by atoms with E-state index in [1.807, 2.05) is 17.3 Å². The van der Waals surface area contributed by atoms with Crippen LogP contribution in [0.4, 0.5) is 0 Å². The van der Waals surface area contributed by atoms with E-state index in [9.17, 15) is 34.0 Å². The molecular weight excluding hydrogens is 2120 g/mol. The summed E-state index contributed by atoms with van der Waals surface area (Å²) in [4.78, 5) is 26.4. The van der Waals surface area contributed by atoms with Gasteiger partial charge in [0.25, 0.3) is 10.1 Å². The zero-order valence-corrected chi connectivity index (χ0v) is 88.4.